The molecule has 0 amide bonds. The third-order valence-corrected chi connectivity index (χ3v) is 2.80. The topological polar surface area (TPSA) is 65.7 Å². The van der Waals surface area contributed by atoms with Crippen molar-refractivity contribution in [1.29, 1.82) is 0 Å². The maximum absolute atomic E-state index is 5.96. The van der Waals surface area contributed by atoms with Crippen LogP contribution in [-0.4, -0.2) is 31.8 Å². The first-order valence-corrected chi connectivity index (χ1v) is 6.20. The lowest BCUT2D eigenvalue weighted by Gasteiger charge is -2.05. The minimum atomic E-state index is 0.114. The van der Waals surface area contributed by atoms with Gasteiger partial charge in [-0.25, -0.2) is 4.68 Å². The van der Waals surface area contributed by atoms with E-state index in [1.165, 1.54) is 4.68 Å². The largest absolute Gasteiger partial charge is 0.497 e. The van der Waals surface area contributed by atoms with Crippen molar-refractivity contribution in [3.8, 4) is 23.1 Å². The second kappa shape index (κ2) is 5.26. The third-order valence-electron chi connectivity index (χ3n) is 2.63. The summed E-state index contributed by atoms with van der Waals surface area (Å²) in [5.41, 5.74) is 0.794. The second-order valence-electron chi connectivity index (χ2n) is 3.91. The number of aromatic nitrogens is 5. The first-order valence-electron chi connectivity index (χ1n) is 5.82. The van der Waals surface area contributed by atoms with Gasteiger partial charge in [0.15, 0.2) is 5.82 Å². The summed E-state index contributed by atoms with van der Waals surface area (Å²) in [5, 5.41) is 4.19. The van der Waals surface area contributed by atoms with E-state index in [1.807, 2.05) is 24.3 Å². The van der Waals surface area contributed by atoms with Crippen LogP contribution in [0.3, 0.4) is 0 Å². The Morgan fingerprint density at radius 2 is 2.05 bits per heavy atom. The van der Waals surface area contributed by atoms with E-state index < -0.39 is 0 Å². The van der Waals surface area contributed by atoms with Gasteiger partial charge in [0.05, 0.1) is 7.11 Å². The number of ether oxygens (including phenoxy) is 1. The van der Waals surface area contributed by atoms with Gasteiger partial charge in [-0.15, -0.1) is 0 Å². The second-order valence-corrected chi connectivity index (χ2v) is 4.25. The Hall–Kier alpha value is -2.47. The third kappa shape index (κ3) is 2.46. The van der Waals surface area contributed by atoms with E-state index >= 15 is 0 Å². The molecule has 1 aromatic carbocycles. The minimum Gasteiger partial charge on any atom is -0.497 e. The zero-order chi connectivity index (χ0) is 13.9. The molecule has 0 saturated carbocycles. The van der Waals surface area contributed by atoms with Gasteiger partial charge in [-0.3, -0.25) is 0 Å². The number of rotatable bonds is 3. The van der Waals surface area contributed by atoms with Gasteiger partial charge in [0.1, 0.15) is 5.75 Å². The van der Waals surface area contributed by atoms with Crippen molar-refractivity contribution in [2.24, 2.45) is 0 Å². The highest BCUT2D eigenvalue weighted by Gasteiger charge is 2.09. The zero-order valence-electron chi connectivity index (χ0n) is 10.6. The Morgan fingerprint density at radius 1 is 1.15 bits per heavy atom. The molecular weight excluding hydrogens is 278 g/mol. The standard InChI is InChI=1S/C13H10ClN5O/c1-20-10-5-2-4-9(8-10)11-16-12(14)18-13(17-11)19-7-3-6-15-19/h2-8H,1H3. The molecule has 2 heterocycles. The molecule has 20 heavy (non-hydrogen) atoms. The summed E-state index contributed by atoms with van der Waals surface area (Å²) in [4.78, 5) is 12.6. The van der Waals surface area contributed by atoms with Crippen LogP contribution in [-0.2, 0) is 0 Å². The smallest absolute Gasteiger partial charge is 0.255 e. The van der Waals surface area contributed by atoms with Gasteiger partial charge in [0, 0.05) is 18.0 Å². The van der Waals surface area contributed by atoms with Crippen LogP contribution in [0.2, 0.25) is 5.28 Å². The van der Waals surface area contributed by atoms with Crippen LogP contribution in [0, 0.1) is 0 Å². The number of nitrogens with zero attached hydrogens (tertiary/aromatic N) is 5. The van der Waals surface area contributed by atoms with E-state index in [2.05, 4.69) is 20.1 Å². The molecule has 0 spiro atoms. The summed E-state index contributed by atoms with van der Waals surface area (Å²) in [6.45, 7) is 0. The fourth-order valence-corrected chi connectivity index (χ4v) is 1.88. The van der Waals surface area contributed by atoms with Gasteiger partial charge in [0.25, 0.3) is 5.95 Å². The lowest BCUT2D eigenvalue weighted by molar-refractivity contribution is 0.415. The van der Waals surface area contributed by atoms with Gasteiger partial charge in [-0.05, 0) is 29.8 Å². The van der Waals surface area contributed by atoms with Crippen molar-refractivity contribution >= 4 is 11.6 Å². The minimum absolute atomic E-state index is 0.114. The van der Waals surface area contributed by atoms with Gasteiger partial charge < -0.3 is 4.74 Å². The van der Waals surface area contributed by atoms with Crippen LogP contribution >= 0.6 is 11.6 Å². The molecular formula is C13H10ClN5O. The molecule has 3 aromatic rings. The summed E-state index contributed by atoms with van der Waals surface area (Å²) in [6.07, 6.45) is 3.38. The number of hydrogen-bond acceptors (Lipinski definition) is 5. The Morgan fingerprint density at radius 3 is 2.80 bits per heavy atom. The van der Waals surface area contributed by atoms with E-state index in [4.69, 9.17) is 16.3 Å². The first-order chi connectivity index (χ1) is 9.76. The van der Waals surface area contributed by atoms with E-state index in [0.717, 1.165) is 11.3 Å². The number of benzene rings is 1. The van der Waals surface area contributed by atoms with Crippen LogP contribution in [0.1, 0.15) is 0 Å². The number of hydrogen-bond donors (Lipinski definition) is 0. The summed E-state index contributed by atoms with van der Waals surface area (Å²) >= 11 is 5.96. The van der Waals surface area contributed by atoms with Crippen molar-refractivity contribution in [2.45, 2.75) is 0 Å². The van der Waals surface area contributed by atoms with Gasteiger partial charge in [0.2, 0.25) is 5.28 Å². The van der Waals surface area contributed by atoms with Crippen LogP contribution in [0.4, 0.5) is 0 Å². The molecule has 0 bridgehead atoms. The van der Waals surface area contributed by atoms with Crippen molar-refractivity contribution in [3.05, 3.63) is 48.0 Å². The monoisotopic (exact) mass is 287 g/mol. The normalized spacial score (nSPS) is 10.5. The van der Waals surface area contributed by atoms with Gasteiger partial charge >= 0.3 is 0 Å². The van der Waals surface area contributed by atoms with Crippen molar-refractivity contribution in [2.75, 3.05) is 7.11 Å². The highest BCUT2D eigenvalue weighted by molar-refractivity contribution is 6.28. The molecule has 7 heteroatoms. The first kappa shape index (κ1) is 12.6. The van der Waals surface area contributed by atoms with E-state index in [1.54, 1.807) is 25.6 Å². The fourth-order valence-electron chi connectivity index (χ4n) is 1.72. The SMILES string of the molecule is COc1cccc(-c2nc(Cl)nc(-n3cccn3)n2)c1. The molecule has 0 aliphatic rings. The molecule has 2 aromatic heterocycles. The molecule has 0 aliphatic heterocycles. The number of methoxy groups -OCH3 is 1. The Balaban J connectivity index is 2.09. The summed E-state index contributed by atoms with van der Waals surface area (Å²) in [7, 11) is 1.61. The van der Waals surface area contributed by atoms with Gasteiger partial charge in [-0.2, -0.15) is 20.1 Å². The molecule has 0 saturated heterocycles. The van der Waals surface area contributed by atoms with Crippen LogP contribution in [0.25, 0.3) is 17.3 Å². The highest BCUT2D eigenvalue weighted by Crippen LogP contribution is 2.22. The van der Waals surface area contributed by atoms with E-state index in [9.17, 15) is 0 Å². The Labute approximate surface area is 120 Å². The lowest BCUT2D eigenvalue weighted by Crippen LogP contribution is -2.05. The van der Waals surface area contributed by atoms with Crippen LogP contribution in [0.15, 0.2) is 42.7 Å². The maximum atomic E-state index is 5.96. The molecule has 0 atom stereocenters. The zero-order valence-corrected chi connectivity index (χ0v) is 11.3. The van der Waals surface area contributed by atoms with E-state index in [-0.39, 0.29) is 5.28 Å². The molecule has 0 fully saturated rings. The molecule has 0 N–H and O–H groups in total. The average Bonchev–Trinajstić information content (AvgIpc) is 3.01. The van der Waals surface area contributed by atoms with Crippen molar-refractivity contribution in [3.63, 3.8) is 0 Å². The lowest BCUT2D eigenvalue weighted by atomic mass is 10.2. The summed E-state index contributed by atoms with van der Waals surface area (Å²) < 4.78 is 6.71. The summed E-state index contributed by atoms with van der Waals surface area (Å²) in [6, 6.07) is 9.20. The van der Waals surface area contributed by atoms with Crippen LogP contribution in [0.5, 0.6) is 5.75 Å². The van der Waals surface area contributed by atoms with Gasteiger partial charge in [-0.1, -0.05) is 12.1 Å². The maximum Gasteiger partial charge on any atom is 0.255 e. The predicted octanol–water partition coefficient (Wildman–Crippen LogP) is 2.39. The Kier molecular flexibility index (Phi) is 3.30. The average molecular weight is 288 g/mol. The highest BCUT2D eigenvalue weighted by atomic mass is 35.5. The molecule has 0 radical (unpaired) electrons. The quantitative estimate of drug-likeness (QED) is 0.740. The molecule has 0 unspecified atom stereocenters. The van der Waals surface area contributed by atoms with Crippen molar-refractivity contribution < 1.29 is 4.74 Å². The molecule has 100 valence electrons. The van der Waals surface area contributed by atoms with Crippen molar-refractivity contribution in [1.82, 2.24) is 24.7 Å². The summed E-state index contributed by atoms with van der Waals surface area (Å²) in [5.74, 6) is 1.56. The molecule has 3 rings (SSSR count). The fraction of sp³-hybridized carbons (Fsp3) is 0.0769. The van der Waals surface area contributed by atoms with E-state index in [0.29, 0.717) is 11.8 Å². The molecule has 0 aliphatic carbocycles. The number of halogens is 1. The van der Waals surface area contributed by atoms with Crippen LogP contribution < -0.4 is 4.74 Å². The Bertz CT molecular complexity index is 729. The molecule has 6 nitrogen and oxygen atoms in total. The predicted molar refractivity (Wildman–Crippen MR) is 73.9 cm³/mol.